The number of halogens is 1. The first-order valence-electron chi connectivity index (χ1n) is 12.0. The van der Waals surface area contributed by atoms with Crippen molar-refractivity contribution in [3.8, 4) is 11.3 Å². The van der Waals surface area contributed by atoms with E-state index in [1.165, 1.54) is 24.1 Å². The summed E-state index contributed by atoms with van der Waals surface area (Å²) in [5, 5.41) is 14.1. The molecule has 1 amide bonds. The van der Waals surface area contributed by atoms with Gasteiger partial charge in [-0.1, -0.05) is 54.4 Å². The Balaban J connectivity index is 1.62. The number of benzene rings is 3. The number of anilines is 1. The second-order valence-corrected chi connectivity index (χ2v) is 10.2. The van der Waals surface area contributed by atoms with E-state index in [9.17, 15) is 14.3 Å². The third-order valence-electron chi connectivity index (χ3n) is 6.35. The summed E-state index contributed by atoms with van der Waals surface area (Å²) in [5.74, 6) is 0.434. The van der Waals surface area contributed by atoms with Crippen LogP contribution in [0.5, 0.6) is 0 Å². The smallest absolute Gasteiger partial charge is 0.251 e. The largest absolute Gasteiger partial charge is 0.458 e. The van der Waals surface area contributed by atoms with Gasteiger partial charge in [-0.25, -0.2) is 4.39 Å². The Morgan fingerprint density at radius 2 is 1.78 bits per heavy atom. The molecule has 0 spiro atoms. The predicted octanol–water partition coefficient (Wildman–Crippen LogP) is 6.74. The lowest BCUT2D eigenvalue weighted by Crippen LogP contribution is -2.27. The molecule has 0 aliphatic rings. The first-order chi connectivity index (χ1) is 17.7. The Morgan fingerprint density at radius 3 is 2.46 bits per heavy atom. The van der Waals surface area contributed by atoms with Crippen molar-refractivity contribution < 1.29 is 18.7 Å². The van der Waals surface area contributed by atoms with Crippen molar-refractivity contribution in [3.63, 3.8) is 0 Å². The lowest BCUT2D eigenvalue weighted by molar-refractivity contribution is 0.0350. The van der Waals surface area contributed by atoms with Gasteiger partial charge in [0, 0.05) is 36.5 Å². The number of rotatable bonds is 9. The maximum atomic E-state index is 13.3. The van der Waals surface area contributed by atoms with Gasteiger partial charge in [-0.05, 0) is 67.4 Å². The molecule has 37 heavy (non-hydrogen) atoms. The molecule has 4 aromatic rings. The lowest BCUT2D eigenvalue weighted by Gasteiger charge is -2.21. The summed E-state index contributed by atoms with van der Waals surface area (Å²) in [6, 6.07) is 24.7. The quantitative estimate of drug-likeness (QED) is 0.240. The summed E-state index contributed by atoms with van der Waals surface area (Å²) in [4.78, 5) is 13.2. The van der Waals surface area contributed by atoms with Gasteiger partial charge in [-0.3, -0.25) is 4.79 Å². The van der Waals surface area contributed by atoms with Gasteiger partial charge in [0.05, 0.1) is 6.04 Å². The summed E-state index contributed by atoms with van der Waals surface area (Å²) < 4.78 is 21.4. The van der Waals surface area contributed by atoms with Gasteiger partial charge in [0.2, 0.25) is 0 Å². The summed E-state index contributed by atoms with van der Waals surface area (Å²) in [7, 11) is 1.92. The van der Waals surface area contributed by atoms with E-state index in [2.05, 4.69) is 5.32 Å². The number of furan rings is 1. The molecule has 2 atom stereocenters. The van der Waals surface area contributed by atoms with E-state index in [1.54, 1.807) is 31.2 Å². The normalized spacial score (nSPS) is 13.6. The number of hydrogen-bond donors (Lipinski definition) is 2. The zero-order valence-electron chi connectivity index (χ0n) is 21.4. The van der Waals surface area contributed by atoms with E-state index in [0.717, 1.165) is 22.4 Å². The average Bonchev–Trinajstić information content (AvgIpc) is 3.40. The minimum absolute atomic E-state index is 0.253. The Bertz CT molecular complexity index is 1350. The van der Waals surface area contributed by atoms with Crippen LogP contribution in [0.2, 0.25) is 0 Å². The second kappa shape index (κ2) is 11.2. The standard InChI is InChI=1S/C30H31FN2O3S/c1-20(22-10-12-25(31)13-11-22)32-29(34)24-16-23(17-26(18-24)33(3)37-4)27-14-15-28(36-27)30(2,35)19-21-8-6-5-7-9-21/h5-18,20,35H,19H2,1-4H3,(H,32,34)/t20-,30?/m1/s1. The molecule has 0 radical (unpaired) electrons. The van der Waals surface area contributed by atoms with Crippen molar-refractivity contribution in [1.82, 2.24) is 5.32 Å². The average molecular weight is 519 g/mol. The molecule has 0 fully saturated rings. The van der Waals surface area contributed by atoms with Crippen molar-refractivity contribution in [3.05, 3.63) is 113 Å². The first-order valence-corrected chi connectivity index (χ1v) is 13.2. The minimum atomic E-state index is -1.20. The molecule has 0 saturated carbocycles. The van der Waals surface area contributed by atoms with Crippen LogP contribution in [-0.2, 0) is 12.0 Å². The van der Waals surface area contributed by atoms with Crippen LogP contribution in [0.1, 0.15) is 47.1 Å². The molecule has 1 heterocycles. The third-order valence-corrected chi connectivity index (χ3v) is 7.11. The molecule has 0 aliphatic carbocycles. The van der Waals surface area contributed by atoms with Crippen molar-refractivity contribution in [2.24, 2.45) is 0 Å². The first kappa shape index (κ1) is 26.5. The number of aliphatic hydroxyl groups is 1. The van der Waals surface area contributed by atoms with Crippen molar-refractivity contribution in [2.75, 3.05) is 17.6 Å². The van der Waals surface area contributed by atoms with Crippen LogP contribution in [-0.4, -0.2) is 24.3 Å². The van der Waals surface area contributed by atoms with Gasteiger partial charge in [0.1, 0.15) is 22.9 Å². The molecule has 192 valence electrons. The van der Waals surface area contributed by atoms with E-state index >= 15 is 0 Å². The summed E-state index contributed by atoms with van der Waals surface area (Å²) >= 11 is 1.52. The molecule has 5 nitrogen and oxygen atoms in total. The number of nitrogens with zero attached hydrogens (tertiary/aromatic N) is 1. The van der Waals surface area contributed by atoms with E-state index in [0.29, 0.717) is 23.5 Å². The Morgan fingerprint density at radius 1 is 1.08 bits per heavy atom. The molecular formula is C30H31FN2O3S. The SMILES string of the molecule is CSN(C)c1cc(C(=O)N[C@H](C)c2ccc(F)cc2)cc(-c2ccc(C(C)(O)Cc3ccccc3)o2)c1. The topological polar surface area (TPSA) is 65.7 Å². The summed E-state index contributed by atoms with van der Waals surface area (Å²) in [6.45, 7) is 3.59. The molecule has 2 N–H and O–H groups in total. The summed E-state index contributed by atoms with van der Waals surface area (Å²) in [5.41, 5.74) is 2.64. The molecule has 4 rings (SSSR count). The van der Waals surface area contributed by atoms with Crippen LogP contribution in [0.4, 0.5) is 10.1 Å². The highest BCUT2D eigenvalue weighted by molar-refractivity contribution is 7.99. The molecule has 3 aromatic carbocycles. The monoisotopic (exact) mass is 518 g/mol. The molecule has 1 unspecified atom stereocenters. The van der Waals surface area contributed by atoms with E-state index in [4.69, 9.17) is 4.42 Å². The molecule has 0 aliphatic heterocycles. The van der Waals surface area contributed by atoms with Crippen molar-refractivity contribution >= 4 is 23.5 Å². The van der Waals surface area contributed by atoms with Gasteiger partial charge < -0.3 is 19.1 Å². The van der Waals surface area contributed by atoms with E-state index < -0.39 is 5.60 Å². The second-order valence-electron chi connectivity index (χ2n) is 9.30. The van der Waals surface area contributed by atoms with Crippen LogP contribution in [0.15, 0.2) is 89.3 Å². The number of carbonyl (C=O) groups excluding carboxylic acids is 1. The number of amides is 1. The van der Waals surface area contributed by atoms with Crippen LogP contribution in [0.25, 0.3) is 11.3 Å². The molecular weight excluding hydrogens is 487 g/mol. The fraction of sp³-hybridized carbons (Fsp3) is 0.233. The predicted molar refractivity (Wildman–Crippen MR) is 148 cm³/mol. The fourth-order valence-corrected chi connectivity index (χ4v) is 4.47. The Labute approximate surface area is 221 Å². The number of carbonyl (C=O) groups is 1. The number of hydrogen-bond acceptors (Lipinski definition) is 5. The number of nitrogens with one attached hydrogen (secondary N) is 1. The van der Waals surface area contributed by atoms with Crippen LogP contribution >= 0.6 is 11.9 Å². The maximum absolute atomic E-state index is 13.3. The van der Waals surface area contributed by atoms with Crippen molar-refractivity contribution in [1.29, 1.82) is 0 Å². The van der Waals surface area contributed by atoms with Gasteiger partial charge in [0.25, 0.3) is 5.91 Å². The van der Waals surface area contributed by atoms with E-state index in [1.807, 2.05) is 73.1 Å². The fourth-order valence-electron chi connectivity index (χ4n) is 4.15. The van der Waals surface area contributed by atoms with Gasteiger partial charge in [-0.2, -0.15) is 0 Å². The molecule has 1 aromatic heterocycles. The summed E-state index contributed by atoms with van der Waals surface area (Å²) in [6.07, 6.45) is 2.36. The molecule has 7 heteroatoms. The van der Waals surface area contributed by atoms with Crippen molar-refractivity contribution in [2.45, 2.75) is 31.9 Å². The minimum Gasteiger partial charge on any atom is -0.458 e. The zero-order chi connectivity index (χ0) is 26.6. The highest BCUT2D eigenvalue weighted by Crippen LogP contribution is 2.34. The van der Waals surface area contributed by atoms with Gasteiger partial charge >= 0.3 is 0 Å². The molecule has 0 saturated heterocycles. The highest BCUT2D eigenvalue weighted by atomic mass is 32.2. The Kier molecular flexibility index (Phi) is 8.05. The van der Waals surface area contributed by atoms with Gasteiger partial charge in [0.15, 0.2) is 0 Å². The zero-order valence-corrected chi connectivity index (χ0v) is 22.2. The van der Waals surface area contributed by atoms with Crippen LogP contribution < -0.4 is 9.62 Å². The molecule has 0 bridgehead atoms. The van der Waals surface area contributed by atoms with Crippen LogP contribution in [0, 0.1) is 5.82 Å². The van der Waals surface area contributed by atoms with Gasteiger partial charge in [-0.15, -0.1) is 0 Å². The lowest BCUT2D eigenvalue weighted by atomic mass is 9.94. The van der Waals surface area contributed by atoms with Crippen LogP contribution in [0.3, 0.4) is 0 Å². The Hall–Kier alpha value is -3.55. The van der Waals surface area contributed by atoms with E-state index in [-0.39, 0.29) is 17.8 Å². The third kappa shape index (κ3) is 6.42. The highest BCUT2D eigenvalue weighted by Gasteiger charge is 2.28. The maximum Gasteiger partial charge on any atom is 0.251 e.